The van der Waals surface area contributed by atoms with Gasteiger partial charge in [0.2, 0.25) is 0 Å². The van der Waals surface area contributed by atoms with Crippen molar-refractivity contribution in [2.45, 2.75) is 20.5 Å². The van der Waals surface area contributed by atoms with Crippen LogP contribution < -0.4 is 10.1 Å². The number of hydrogen-bond donors (Lipinski definition) is 2. The van der Waals surface area contributed by atoms with Crippen molar-refractivity contribution in [3.8, 4) is 5.75 Å². The van der Waals surface area contributed by atoms with E-state index in [2.05, 4.69) is 10.3 Å². The Morgan fingerprint density at radius 3 is 2.67 bits per heavy atom. The Hall–Kier alpha value is -2.40. The zero-order valence-electron chi connectivity index (χ0n) is 12.1. The predicted molar refractivity (Wildman–Crippen MR) is 80.2 cm³/mol. The van der Waals surface area contributed by atoms with Crippen molar-refractivity contribution in [1.82, 2.24) is 4.98 Å². The van der Waals surface area contributed by atoms with Crippen LogP contribution in [0, 0.1) is 13.8 Å². The van der Waals surface area contributed by atoms with Crippen molar-refractivity contribution in [3.63, 3.8) is 0 Å². The Morgan fingerprint density at radius 1 is 1.24 bits per heavy atom. The Kier molecular flexibility index (Phi) is 4.90. The minimum atomic E-state index is -0.232. The number of aliphatic hydroxyl groups is 1. The third kappa shape index (κ3) is 4.29. The molecule has 5 heteroatoms. The van der Waals surface area contributed by atoms with Gasteiger partial charge in [-0.15, -0.1) is 0 Å². The molecular formula is C16H18N2O3. The largest absolute Gasteiger partial charge is 0.482 e. The highest BCUT2D eigenvalue weighted by Gasteiger charge is 2.05. The number of anilines is 1. The van der Waals surface area contributed by atoms with Crippen molar-refractivity contribution >= 4 is 11.6 Å². The first-order valence-corrected chi connectivity index (χ1v) is 6.64. The predicted octanol–water partition coefficient (Wildman–Crippen LogP) is 2.21. The van der Waals surface area contributed by atoms with E-state index < -0.39 is 0 Å². The number of rotatable bonds is 5. The van der Waals surface area contributed by atoms with Gasteiger partial charge in [0, 0.05) is 5.69 Å². The molecule has 1 amide bonds. The summed E-state index contributed by atoms with van der Waals surface area (Å²) in [5.74, 6) is 0.256. The van der Waals surface area contributed by atoms with Crippen LogP contribution >= 0.6 is 0 Å². The zero-order chi connectivity index (χ0) is 15.2. The molecule has 2 rings (SSSR count). The number of ether oxygens (including phenoxy) is 1. The number of aliphatic hydroxyl groups excluding tert-OH is 1. The molecule has 21 heavy (non-hydrogen) atoms. The lowest BCUT2D eigenvalue weighted by molar-refractivity contribution is -0.118. The molecule has 0 saturated carbocycles. The molecule has 0 aliphatic rings. The molecule has 0 fully saturated rings. The van der Waals surface area contributed by atoms with E-state index in [9.17, 15) is 4.79 Å². The maximum Gasteiger partial charge on any atom is 0.262 e. The lowest BCUT2D eigenvalue weighted by Gasteiger charge is -2.09. The average Bonchev–Trinajstić information content (AvgIpc) is 2.49. The monoisotopic (exact) mass is 286 g/mol. The summed E-state index contributed by atoms with van der Waals surface area (Å²) in [6.45, 7) is 3.81. The summed E-state index contributed by atoms with van der Waals surface area (Å²) in [7, 11) is 0. The maximum atomic E-state index is 11.8. The van der Waals surface area contributed by atoms with E-state index in [1.807, 2.05) is 32.0 Å². The second-order valence-electron chi connectivity index (χ2n) is 4.78. The minimum absolute atomic E-state index is 0.0902. The summed E-state index contributed by atoms with van der Waals surface area (Å²) in [5.41, 5.74) is 3.61. The van der Waals surface area contributed by atoms with Crippen molar-refractivity contribution in [2.75, 3.05) is 11.9 Å². The summed E-state index contributed by atoms with van der Waals surface area (Å²) in [6, 6.07) is 9.06. The number of pyridine rings is 1. The van der Waals surface area contributed by atoms with Crippen LogP contribution in [0.3, 0.4) is 0 Å². The van der Waals surface area contributed by atoms with E-state index in [1.54, 1.807) is 12.1 Å². The molecule has 0 radical (unpaired) electrons. The van der Waals surface area contributed by atoms with E-state index in [-0.39, 0.29) is 19.1 Å². The fourth-order valence-electron chi connectivity index (χ4n) is 1.75. The van der Waals surface area contributed by atoms with E-state index in [0.717, 1.165) is 11.3 Å². The number of carbonyl (C=O) groups excluding carboxylic acids is 1. The highest BCUT2D eigenvalue weighted by molar-refractivity contribution is 5.92. The van der Waals surface area contributed by atoms with Crippen LogP contribution in [0.4, 0.5) is 5.69 Å². The summed E-state index contributed by atoms with van der Waals surface area (Å²) in [5, 5.41) is 11.7. The number of hydrogen-bond acceptors (Lipinski definition) is 4. The van der Waals surface area contributed by atoms with Crippen LogP contribution in [-0.4, -0.2) is 22.6 Å². The molecule has 0 aliphatic carbocycles. The smallest absolute Gasteiger partial charge is 0.262 e. The summed E-state index contributed by atoms with van der Waals surface area (Å²) in [6.07, 6.45) is 1.48. The topological polar surface area (TPSA) is 71.5 Å². The van der Waals surface area contributed by atoms with Crippen molar-refractivity contribution in [1.29, 1.82) is 0 Å². The van der Waals surface area contributed by atoms with Crippen LogP contribution in [0.25, 0.3) is 0 Å². The average molecular weight is 286 g/mol. The Bertz CT molecular complexity index is 624. The zero-order valence-corrected chi connectivity index (χ0v) is 12.1. The highest BCUT2D eigenvalue weighted by Crippen LogP contribution is 2.14. The summed E-state index contributed by atoms with van der Waals surface area (Å²) < 4.78 is 5.34. The van der Waals surface area contributed by atoms with Gasteiger partial charge in [0.15, 0.2) is 6.61 Å². The van der Waals surface area contributed by atoms with Gasteiger partial charge in [-0.2, -0.15) is 0 Å². The minimum Gasteiger partial charge on any atom is -0.482 e. The molecule has 0 unspecified atom stereocenters. The van der Waals surface area contributed by atoms with Gasteiger partial charge in [0.25, 0.3) is 5.91 Å². The second kappa shape index (κ2) is 6.85. The lowest BCUT2D eigenvalue weighted by Crippen LogP contribution is -2.20. The fraction of sp³-hybridized carbons (Fsp3) is 0.250. The van der Waals surface area contributed by atoms with Crippen molar-refractivity contribution < 1.29 is 14.6 Å². The van der Waals surface area contributed by atoms with Crippen LogP contribution in [0.1, 0.15) is 16.8 Å². The number of benzene rings is 1. The molecule has 1 heterocycles. The number of nitrogens with one attached hydrogen (secondary N) is 1. The standard InChI is InChI=1S/C16H18N2O3/c1-11-3-4-13(7-12(11)2)18-16(20)10-21-15-6-5-14(9-19)17-8-15/h3-8,19H,9-10H2,1-2H3,(H,18,20). The van der Waals surface area contributed by atoms with Crippen LogP contribution in [0.15, 0.2) is 36.5 Å². The maximum absolute atomic E-state index is 11.8. The highest BCUT2D eigenvalue weighted by atomic mass is 16.5. The number of aromatic nitrogens is 1. The number of amides is 1. The molecule has 0 saturated heterocycles. The Morgan fingerprint density at radius 2 is 2.05 bits per heavy atom. The van der Waals surface area contributed by atoms with Gasteiger partial charge in [0.05, 0.1) is 18.5 Å². The van der Waals surface area contributed by atoms with Gasteiger partial charge in [-0.1, -0.05) is 6.07 Å². The van der Waals surface area contributed by atoms with E-state index in [4.69, 9.17) is 9.84 Å². The van der Waals surface area contributed by atoms with Crippen molar-refractivity contribution in [3.05, 3.63) is 53.3 Å². The van der Waals surface area contributed by atoms with Gasteiger partial charge in [-0.25, -0.2) is 0 Å². The first-order valence-electron chi connectivity index (χ1n) is 6.64. The van der Waals surface area contributed by atoms with Gasteiger partial charge in [-0.3, -0.25) is 9.78 Å². The Labute approximate surface area is 123 Å². The third-order valence-electron chi connectivity index (χ3n) is 3.12. The third-order valence-corrected chi connectivity index (χ3v) is 3.12. The van der Waals surface area contributed by atoms with E-state index in [0.29, 0.717) is 11.4 Å². The van der Waals surface area contributed by atoms with Gasteiger partial charge >= 0.3 is 0 Å². The quantitative estimate of drug-likeness (QED) is 0.884. The number of carbonyl (C=O) groups is 1. The van der Waals surface area contributed by atoms with Crippen molar-refractivity contribution in [2.24, 2.45) is 0 Å². The fourth-order valence-corrected chi connectivity index (χ4v) is 1.75. The molecule has 1 aromatic carbocycles. The molecule has 0 bridgehead atoms. The lowest BCUT2D eigenvalue weighted by atomic mass is 10.1. The first kappa shape index (κ1) is 15.0. The second-order valence-corrected chi connectivity index (χ2v) is 4.78. The summed E-state index contributed by atoms with van der Waals surface area (Å²) >= 11 is 0. The molecule has 5 nitrogen and oxygen atoms in total. The van der Waals surface area contributed by atoms with E-state index >= 15 is 0 Å². The molecule has 0 aliphatic heterocycles. The summed E-state index contributed by atoms with van der Waals surface area (Å²) in [4.78, 5) is 15.8. The normalized spacial score (nSPS) is 10.2. The van der Waals surface area contributed by atoms with Crippen LogP contribution in [0.2, 0.25) is 0 Å². The van der Waals surface area contributed by atoms with Gasteiger partial charge in [-0.05, 0) is 49.2 Å². The molecule has 2 aromatic rings. The number of nitrogens with zero attached hydrogens (tertiary/aromatic N) is 1. The molecule has 110 valence electrons. The molecule has 0 atom stereocenters. The Balaban J connectivity index is 1.87. The SMILES string of the molecule is Cc1ccc(NC(=O)COc2ccc(CO)nc2)cc1C. The molecule has 2 N–H and O–H groups in total. The van der Waals surface area contributed by atoms with Crippen LogP contribution in [0.5, 0.6) is 5.75 Å². The van der Waals surface area contributed by atoms with E-state index in [1.165, 1.54) is 11.8 Å². The molecular weight excluding hydrogens is 268 g/mol. The van der Waals surface area contributed by atoms with Crippen LogP contribution in [-0.2, 0) is 11.4 Å². The first-order chi connectivity index (χ1) is 10.1. The molecule has 0 spiro atoms. The molecule has 1 aromatic heterocycles. The van der Waals surface area contributed by atoms with Gasteiger partial charge < -0.3 is 15.2 Å². The van der Waals surface area contributed by atoms with Gasteiger partial charge in [0.1, 0.15) is 5.75 Å². The number of aryl methyl sites for hydroxylation is 2.